The largest absolute Gasteiger partial charge is 0.396 e. The van der Waals surface area contributed by atoms with Crippen LogP contribution in [0.3, 0.4) is 0 Å². The van der Waals surface area contributed by atoms with Crippen LogP contribution < -0.4 is 5.32 Å². The fraction of sp³-hybridized carbons (Fsp3) is 0.857. The molecule has 0 radical (unpaired) electrons. The number of nitrogens with one attached hydrogen (secondary N) is 1. The molecule has 2 aliphatic rings. The average Bonchev–Trinajstić information content (AvgIpc) is 2.27. The lowest BCUT2D eigenvalue weighted by molar-refractivity contribution is 0.0849. The van der Waals surface area contributed by atoms with Gasteiger partial charge in [-0.05, 0) is 56.4 Å². The maximum absolute atomic E-state index is 9.08. The van der Waals surface area contributed by atoms with E-state index in [1.807, 2.05) is 0 Å². The van der Waals surface area contributed by atoms with Crippen molar-refractivity contribution < 1.29 is 5.11 Å². The molecular weight excluding hydrogens is 198 g/mol. The van der Waals surface area contributed by atoms with E-state index in [0.717, 1.165) is 25.4 Å². The normalized spacial score (nSPS) is 27.7. The van der Waals surface area contributed by atoms with E-state index in [-0.39, 0.29) is 0 Å². The van der Waals surface area contributed by atoms with E-state index in [9.17, 15) is 0 Å². The molecule has 1 fully saturated rings. The van der Waals surface area contributed by atoms with Gasteiger partial charge in [-0.1, -0.05) is 18.6 Å². The highest BCUT2D eigenvalue weighted by atomic mass is 16.3. The second-order valence-corrected chi connectivity index (χ2v) is 5.61. The standard InChI is InChI=1S/C14H25NO/c16-10-9-14(7-4-8-14)12-15-11-13-5-2-1-3-6-13/h1-2,13,15-16H,3-12H2. The van der Waals surface area contributed by atoms with Crippen molar-refractivity contribution in [2.24, 2.45) is 11.3 Å². The molecule has 92 valence electrons. The predicted molar refractivity (Wildman–Crippen MR) is 67.3 cm³/mol. The summed E-state index contributed by atoms with van der Waals surface area (Å²) >= 11 is 0. The molecule has 0 aromatic heterocycles. The summed E-state index contributed by atoms with van der Waals surface area (Å²) in [7, 11) is 0. The number of allylic oxidation sites excluding steroid dienone is 2. The van der Waals surface area contributed by atoms with Crippen molar-refractivity contribution in [2.75, 3.05) is 19.7 Å². The summed E-state index contributed by atoms with van der Waals surface area (Å²) < 4.78 is 0. The Bertz CT molecular complexity index is 233. The van der Waals surface area contributed by atoms with E-state index >= 15 is 0 Å². The zero-order chi connectivity index (χ0) is 11.3. The molecule has 16 heavy (non-hydrogen) atoms. The maximum Gasteiger partial charge on any atom is 0.0436 e. The molecule has 2 N–H and O–H groups in total. The first-order chi connectivity index (χ1) is 7.85. The first kappa shape index (κ1) is 12.1. The molecule has 0 aromatic carbocycles. The Morgan fingerprint density at radius 2 is 2.19 bits per heavy atom. The van der Waals surface area contributed by atoms with Crippen LogP contribution >= 0.6 is 0 Å². The zero-order valence-electron chi connectivity index (χ0n) is 10.3. The fourth-order valence-electron chi connectivity index (χ4n) is 3.01. The van der Waals surface area contributed by atoms with Crippen LogP contribution in [0.4, 0.5) is 0 Å². The van der Waals surface area contributed by atoms with Crippen molar-refractivity contribution in [3.8, 4) is 0 Å². The van der Waals surface area contributed by atoms with Crippen molar-refractivity contribution in [3.05, 3.63) is 12.2 Å². The van der Waals surface area contributed by atoms with Crippen molar-refractivity contribution in [2.45, 2.75) is 44.9 Å². The predicted octanol–water partition coefficient (Wildman–Crippen LogP) is 2.49. The van der Waals surface area contributed by atoms with E-state index in [0.29, 0.717) is 12.0 Å². The molecule has 0 spiro atoms. The average molecular weight is 223 g/mol. The van der Waals surface area contributed by atoms with Crippen LogP contribution in [-0.4, -0.2) is 24.8 Å². The molecule has 2 aliphatic carbocycles. The highest BCUT2D eigenvalue weighted by Crippen LogP contribution is 2.43. The Kier molecular flexibility index (Phi) is 4.42. The Morgan fingerprint density at radius 3 is 2.75 bits per heavy atom. The van der Waals surface area contributed by atoms with Crippen LogP contribution in [0.2, 0.25) is 0 Å². The van der Waals surface area contributed by atoms with Gasteiger partial charge in [0, 0.05) is 13.2 Å². The summed E-state index contributed by atoms with van der Waals surface area (Å²) in [6.07, 6.45) is 13.4. The highest BCUT2D eigenvalue weighted by Gasteiger charge is 2.35. The number of hydrogen-bond acceptors (Lipinski definition) is 2. The minimum atomic E-state index is 0.355. The maximum atomic E-state index is 9.08. The van der Waals surface area contributed by atoms with Gasteiger partial charge in [0.05, 0.1) is 0 Å². The van der Waals surface area contributed by atoms with Gasteiger partial charge in [-0.2, -0.15) is 0 Å². The third kappa shape index (κ3) is 3.08. The van der Waals surface area contributed by atoms with E-state index < -0.39 is 0 Å². The fourth-order valence-corrected chi connectivity index (χ4v) is 3.01. The minimum absolute atomic E-state index is 0.355. The zero-order valence-corrected chi connectivity index (χ0v) is 10.3. The topological polar surface area (TPSA) is 32.3 Å². The van der Waals surface area contributed by atoms with Crippen molar-refractivity contribution in [1.29, 1.82) is 0 Å². The number of aliphatic hydroxyl groups excluding tert-OH is 1. The Labute approximate surface area is 99.1 Å². The molecule has 0 heterocycles. The van der Waals surface area contributed by atoms with E-state index in [1.165, 1.54) is 38.5 Å². The molecule has 0 bridgehead atoms. The van der Waals surface area contributed by atoms with Crippen molar-refractivity contribution >= 4 is 0 Å². The number of hydrogen-bond donors (Lipinski definition) is 2. The van der Waals surface area contributed by atoms with Gasteiger partial charge in [0.1, 0.15) is 0 Å². The lowest BCUT2D eigenvalue weighted by atomic mass is 9.66. The SMILES string of the molecule is OCCC1(CNCC2CC=CCC2)CCC1. The Hall–Kier alpha value is -0.340. The van der Waals surface area contributed by atoms with Crippen LogP contribution in [0.25, 0.3) is 0 Å². The molecule has 1 saturated carbocycles. The molecule has 2 nitrogen and oxygen atoms in total. The van der Waals surface area contributed by atoms with Gasteiger partial charge in [0.15, 0.2) is 0 Å². The molecule has 2 rings (SSSR count). The van der Waals surface area contributed by atoms with Gasteiger partial charge in [-0.15, -0.1) is 0 Å². The molecule has 0 amide bonds. The van der Waals surface area contributed by atoms with Crippen LogP contribution in [0.15, 0.2) is 12.2 Å². The van der Waals surface area contributed by atoms with E-state index in [1.54, 1.807) is 0 Å². The van der Waals surface area contributed by atoms with Gasteiger partial charge in [0.2, 0.25) is 0 Å². The van der Waals surface area contributed by atoms with Crippen LogP contribution in [-0.2, 0) is 0 Å². The van der Waals surface area contributed by atoms with Crippen molar-refractivity contribution in [1.82, 2.24) is 5.32 Å². The molecule has 0 saturated heterocycles. The molecule has 1 unspecified atom stereocenters. The summed E-state index contributed by atoms with van der Waals surface area (Å²) in [5.74, 6) is 0.844. The smallest absolute Gasteiger partial charge is 0.0436 e. The van der Waals surface area contributed by atoms with Gasteiger partial charge >= 0.3 is 0 Å². The summed E-state index contributed by atoms with van der Waals surface area (Å²) in [6.45, 7) is 2.64. The van der Waals surface area contributed by atoms with E-state index in [2.05, 4.69) is 17.5 Å². The molecule has 0 aromatic rings. The first-order valence-corrected chi connectivity index (χ1v) is 6.81. The van der Waals surface area contributed by atoms with Gasteiger partial charge in [-0.3, -0.25) is 0 Å². The summed E-state index contributed by atoms with van der Waals surface area (Å²) in [6, 6.07) is 0. The van der Waals surface area contributed by atoms with Crippen LogP contribution in [0.5, 0.6) is 0 Å². The highest BCUT2D eigenvalue weighted by molar-refractivity contribution is 4.92. The van der Waals surface area contributed by atoms with Crippen LogP contribution in [0.1, 0.15) is 44.9 Å². The second kappa shape index (κ2) is 5.83. The molecule has 1 atom stereocenters. The quantitative estimate of drug-likeness (QED) is 0.678. The number of rotatable bonds is 6. The monoisotopic (exact) mass is 223 g/mol. The molecular formula is C14H25NO. The third-order valence-electron chi connectivity index (χ3n) is 4.37. The number of aliphatic hydroxyl groups is 1. The summed E-state index contributed by atoms with van der Waals surface area (Å²) in [4.78, 5) is 0. The minimum Gasteiger partial charge on any atom is -0.396 e. The lowest BCUT2D eigenvalue weighted by Crippen LogP contribution is -2.42. The van der Waals surface area contributed by atoms with E-state index in [4.69, 9.17) is 5.11 Å². The Morgan fingerprint density at radius 1 is 1.31 bits per heavy atom. The Balaban J connectivity index is 1.64. The molecule has 2 heteroatoms. The molecule has 0 aliphatic heterocycles. The van der Waals surface area contributed by atoms with Crippen molar-refractivity contribution in [3.63, 3.8) is 0 Å². The van der Waals surface area contributed by atoms with Gasteiger partial charge < -0.3 is 10.4 Å². The van der Waals surface area contributed by atoms with Crippen LogP contribution in [0, 0.1) is 11.3 Å². The first-order valence-electron chi connectivity index (χ1n) is 6.81. The third-order valence-corrected chi connectivity index (χ3v) is 4.37. The van der Waals surface area contributed by atoms with Gasteiger partial charge in [-0.25, -0.2) is 0 Å². The lowest BCUT2D eigenvalue weighted by Gasteiger charge is -2.42. The summed E-state index contributed by atoms with van der Waals surface area (Å²) in [5, 5.41) is 12.7. The van der Waals surface area contributed by atoms with Gasteiger partial charge in [0.25, 0.3) is 0 Å². The second-order valence-electron chi connectivity index (χ2n) is 5.61. The summed E-state index contributed by atoms with van der Waals surface area (Å²) in [5.41, 5.74) is 0.444.